The molecule has 0 aliphatic carbocycles. The van der Waals surface area contributed by atoms with E-state index in [0.717, 1.165) is 6.92 Å². The number of aliphatic carboxylic acids is 1. The van der Waals surface area contributed by atoms with E-state index in [9.17, 15) is 4.79 Å². The summed E-state index contributed by atoms with van der Waals surface area (Å²) in [6, 6.07) is -1.30. The number of hydrogen-bond donors (Lipinski definition) is 5. The third kappa shape index (κ3) is 3.14. The number of hydrogen-bond acceptors (Lipinski definition) is 5. The zero-order valence-electron chi connectivity index (χ0n) is 6.64. The van der Waals surface area contributed by atoms with Crippen LogP contribution < -0.4 is 5.73 Å². The predicted molar refractivity (Wildman–Crippen MR) is 39.1 cm³/mol. The first-order valence-electron chi connectivity index (χ1n) is 3.34. The SMILES string of the molecule is CC(O)(C[C@H](N)C(=O)O)C(O)O. The van der Waals surface area contributed by atoms with Crippen LogP contribution in [0.5, 0.6) is 0 Å². The van der Waals surface area contributed by atoms with Crippen LogP contribution in [0.15, 0.2) is 0 Å². The minimum absolute atomic E-state index is 0.417. The number of carboxylic acid groups (broad SMARTS) is 1. The first-order chi connectivity index (χ1) is 5.27. The Bertz CT molecular complexity index is 167. The summed E-state index contributed by atoms with van der Waals surface area (Å²) >= 11 is 0. The molecule has 0 amide bonds. The Kier molecular flexibility index (Phi) is 3.59. The van der Waals surface area contributed by atoms with Crippen molar-refractivity contribution in [2.24, 2.45) is 5.73 Å². The lowest BCUT2D eigenvalue weighted by atomic mass is 9.97. The van der Waals surface area contributed by atoms with E-state index < -0.39 is 30.3 Å². The van der Waals surface area contributed by atoms with Crippen molar-refractivity contribution < 1.29 is 25.2 Å². The van der Waals surface area contributed by atoms with Crippen LogP contribution >= 0.6 is 0 Å². The van der Waals surface area contributed by atoms with Crippen LogP contribution in [0, 0.1) is 0 Å². The van der Waals surface area contributed by atoms with Gasteiger partial charge in [0, 0.05) is 6.42 Å². The van der Waals surface area contributed by atoms with Gasteiger partial charge in [-0.25, -0.2) is 0 Å². The molecule has 0 fully saturated rings. The van der Waals surface area contributed by atoms with E-state index in [2.05, 4.69) is 0 Å². The maximum absolute atomic E-state index is 10.2. The van der Waals surface area contributed by atoms with E-state index in [1.807, 2.05) is 0 Å². The molecule has 0 aromatic rings. The van der Waals surface area contributed by atoms with Crippen molar-refractivity contribution in [1.29, 1.82) is 0 Å². The smallest absolute Gasteiger partial charge is 0.320 e. The van der Waals surface area contributed by atoms with E-state index >= 15 is 0 Å². The van der Waals surface area contributed by atoms with Crippen molar-refractivity contribution in [2.75, 3.05) is 0 Å². The number of aliphatic hydroxyl groups excluding tert-OH is 1. The number of rotatable bonds is 4. The highest BCUT2D eigenvalue weighted by Gasteiger charge is 2.33. The average molecular weight is 179 g/mol. The number of nitrogens with two attached hydrogens (primary N) is 1. The third-order valence-electron chi connectivity index (χ3n) is 1.51. The topological polar surface area (TPSA) is 124 Å². The number of carbonyl (C=O) groups is 1. The molecule has 0 saturated heterocycles. The number of carboxylic acids is 1. The highest BCUT2D eigenvalue weighted by Crippen LogP contribution is 2.14. The first kappa shape index (κ1) is 11.3. The second-order valence-electron chi connectivity index (χ2n) is 2.88. The van der Waals surface area contributed by atoms with Crippen LogP contribution in [0.3, 0.4) is 0 Å². The van der Waals surface area contributed by atoms with Crippen LogP contribution in [0.2, 0.25) is 0 Å². The van der Waals surface area contributed by atoms with Gasteiger partial charge in [-0.3, -0.25) is 4.79 Å². The Morgan fingerprint density at radius 1 is 1.58 bits per heavy atom. The molecule has 6 heteroatoms. The molecular formula is C6H13NO5. The summed E-state index contributed by atoms with van der Waals surface area (Å²) in [6.07, 6.45) is -2.41. The molecule has 0 bridgehead atoms. The number of aliphatic hydroxyl groups is 3. The zero-order valence-corrected chi connectivity index (χ0v) is 6.64. The van der Waals surface area contributed by atoms with Crippen LogP contribution in [0.25, 0.3) is 0 Å². The lowest BCUT2D eigenvalue weighted by Crippen LogP contribution is -2.46. The van der Waals surface area contributed by atoms with Gasteiger partial charge in [0.25, 0.3) is 0 Å². The van der Waals surface area contributed by atoms with Gasteiger partial charge in [0.05, 0.1) is 0 Å². The van der Waals surface area contributed by atoms with Crippen molar-refractivity contribution in [3.05, 3.63) is 0 Å². The fraction of sp³-hybridized carbons (Fsp3) is 0.833. The molecule has 0 radical (unpaired) electrons. The van der Waals surface area contributed by atoms with Gasteiger partial charge in [-0.15, -0.1) is 0 Å². The predicted octanol–water partition coefficient (Wildman–Crippen LogP) is -2.15. The largest absolute Gasteiger partial charge is 0.480 e. The van der Waals surface area contributed by atoms with Gasteiger partial charge >= 0.3 is 5.97 Å². The van der Waals surface area contributed by atoms with E-state index in [0.29, 0.717) is 0 Å². The summed E-state index contributed by atoms with van der Waals surface area (Å²) < 4.78 is 0. The summed E-state index contributed by atoms with van der Waals surface area (Å²) in [5, 5.41) is 34.6. The van der Waals surface area contributed by atoms with Crippen LogP contribution in [-0.4, -0.2) is 44.3 Å². The minimum Gasteiger partial charge on any atom is -0.480 e. The van der Waals surface area contributed by atoms with E-state index in [4.69, 9.17) is 26.2 Å². The molecule has 12 heavy (non-hydrogen) atoms. The maximum Gasteiger partial charge on any atom is 0.320 e. The average Bonchev–Trinajstić information content (AvgIpc) is 1.85. The molecule has 2 atom stereocenters. The lowest BCUT2D eigenvalue weighted by Gasteiger charge is -2.26. The van der Waals surface area contributed by atoms with Gasteiger partial charge in [0.15, 0.2) is 6.29 Å². The molecule has 0 heterocycles. The second-order valence-corrected chi connectivity index (χ2v) is 2.88. The Labute approximate surface area is 69.2 Å². The molecular weight excluding hydrogens is 166 g/mol. The van der Waals surface area contributed by atoms with Gasteiger partial charge < -0.3 is 26.2 Å². The van der Waals surface area contributed by atoms with Crippen molar-refractivity contribution in [3.63, 3.8) is 0 Å². The van der Waals surface area contributed by atoms with Gasteiger partial charge in [0.2, 0.25) is 0 Å². The molecule has 72 valence electrons. The minimum atomic E-state index is -2.00. The van der Waals surface area contributed by atoms with Gasteiger partial charge in [-0.05, 0) is 6.92 Å². The Morgan fingerprint density at radius 2 is 2.00 bits per heavy atom. The molecule has 0 rings (SSSR count). The Morgan fingerprint density at radius 3 is 2.25 bits per heavy atom. The highest BCUT2D eigenvalue weighted by atomic mass is 16.5. The molecule has 0 aliphatic heterocycles. The summed E-state index contributed by atoms with van der Waals surface area (Å²) in [7, 11) is 0. The van der Waals surface area contributed by atoms with Crippen molar-refractivity contribution in [3.8, 4) is 0 Å². The summed E-state index contributed by atoms with van der Waals surface area (Å²) in [4.78, 5) is 10.2. The molecule has 0 aliphatic rings. The second kappa shape index (κ2) is 3.81. The fourth-order valence-electron chi connectivity index (χ4n) is 0.638. The van der Waals surface area contributed by atoms with E-state index in [-0.39, 0.29) is 0 Å². The van der Waals surface area contributed by atoms with Crippen LogP contribution in [-0.2, 0) is 4.79 Å². The van der Waals surface area contributed by atoms with Gasteiger partial charge in [-0.1, -0.05) is 0 Å². The maximum atomic E-state index is 10.2. The van der Waals surface area contributed by atoms with Gasteiger partial charge in [0.1, 0.15) is 11.6 Å². The van der Waals surface area contributed by atoms with E-state index in [1.54, 1.807) is 0 Å². The van der Waals surface area contributed by atoms with E-state index in [1.165, 1.54) is 0 Å². The fourth-order valence-corrected chi connectivity index (χ4v) is 0.638. The molecule has 0 aromatic heterocycles. The molecule has 1 unspecified atom stereocenters. The van der Waals surface area contributed by atoms with Crippen LogP contribution in [0.1, 0.15) is 13.3 Å². The summed E-state index contributed by atoms with van der Waals surface area (Å²) in [5.74, 6) is -1.30. The summed E-state index contributed by atoms with van der Waals surface area (Å²) in [5.41, 5.74) is 3.17. The Balaban J connectivity index is 4.15. The standard InChI is InChI=1S/C6H13NO5/c1-6(12,5(10)11)2-3(7)4(8)9/h3,5,10-12H,2,7H2,1H3,(H,8,9)/t3-,6?/m0/s1. The molecule has 0 saturated carbocycles. The molecule has 6 N–H and O–H groups in total. The van der Waals surface area contributed by atoms with Crippen molar-refractivity contribution in [2.45, 2.75) is 31.3 Å². The molecule has 6 nitrogen and oxygen atoms in total. The zero-order chi connectivity index (χ0) is 9.94. The van der Waals surface area contributed by atoms with Crippen molar-refractivity contribution >= 4 is 5.97 Å². The monoisotopic (exact) mass is 179 g/mol. The van der Waals surface area contributed by atoms with Gasteiger partial charge in [-0.2, -0.15) is 0 Å². The quantitative estimate of drug-likeness (QED) is 0.313. The first-order valence-corrected chi connectivity index (χ1v) is 3.34. The van der Waals surface area contributed by atoms with Crippen LogP contribution in [0.4, 0.5) is 0 Å². The third-order valence-corrected chi connectivity index (χ3v) is 1.51. The highest BCUT2D eigenvalue weighted by molar-refractivity contribution is 5.73. The van der Waals surface area contributed by atoms with Crippen molar-refractivity contribution in [1.82, 2.24) is 0 Å². The normalized spacial score (nSPS) is 18.8. The summed E-state index contributed by atoms with van der Waals surface area (Å²) in [6.45, 7) is 1.10. The Hall–Kier alpha value is -0.690. The lowest BCUT2D eigenvalue weighted by molar-refractivity contribution is -0.182. The molecule has 0 spiro atoms. The molecule has 0 aromatic carbocycles.